The van der Waals surface area contributed by atoms with E-state index in [-0.39, 0.29) is 8.41 Å². The summed E-state index contributed by atoms with van der Waals surface area (Å²) in [6.07, 6.45) is 2.56. The van der Waals surface area contributed by atoms with Gasteiger partial charge in [0, 0.05) is 14.5 Å². The molecule has 0 bridgehead atoms. The molecule has 0 aromatic carbocycles. The Morgan fingerprint density at radius 3 is 2.14 bits per heavy atom. The largest absolute Gasteiger partial charge is 0.478 e. The average Bonchev–Trinajstić information content (AvgIpc) is 1.35. The molecule has 0 heterocycles. The van der Waals surface area contributed by atoms with Crippen molar-refractivity contribution in [3.8, 4) is 0 Å². The predicted molar refractivity (Wildman–Crippen MR) is 28.2 cm³/mol. The average molecular weight is 96.9 g/mol. The summed E-state index contributed by atoms with van der Waals surface area (Å²) in [4.78, 5) is 9.51. The molecule has 0 aromatic heterocycles. The van der Waals surface area contributed by atoms with E-state index in [9.17, 15) is 4.79 Å². The van der Waals surface area contributed by atoms with Gasteiger partial charge in [0.05, 0.1) is 0 Å². The molecule has 3 radical (unpaired) electrons. The van der Waals surface area contributed by atoms with Gasteiger partial charge < -0.3 is 5.11 Å². The minimum atomic E-state index is -0.891. The second-order valence-electron chi connectivity index (χ2n) is 0.838. The van der Waals surface area contributed by atoms with Crippen LogP contribution in [0, 0.1) is 0 Å². The van der Waals surface area contributed by atoms with Gasteiger partial charge in [-0.15, -0.1) is 0 Å². The highest BCUT2D eigenvalue weighted by molar-refractivity contribution is 5.79. The van der Waals surface area contributed by atoms with Crippen molar-refractivity contribution in [1.29, 1.82) is 0 Å². The van der Waals surface area contributed by atoms with Crippen molar-refractivity contribution in [3.63, 3.8) is 0 Å². The van der Waals surface area contributed by atoms with Gasteiger partial charge in [-0.05, 0) is 6.92 Å². The molecule has 7 heavy (non-hydrogen) atoms. The number of allylic oxidation sites excluding steroid dienone is 1. The Morgan fingerprint density at radius 2 is 2.14 bits per heavy atom. The van der Waals surface area contributed by atoms with Crippen LogP contribution in [-0.4, -0.2) is 19.5 Å². The van der Waals surface area contributed by atoms with Gasteiger partial charge in [-0.2, -0.15) is 0 Å². The lowest BCUT2D eigenvalue weighted by Gasteiger charge is -1.68. The minimum absolute atomic E-state index is 0. The molecule has 0 spiro atoms. The Hall–Kier alpha value is -0.725. The maximum Gasteiger partial charge on any atom is 0.327 e. The van der Waals surface area contributed by atoms with Crippen LogP contribution in [0.1, 0.15) is 6.92 Å². The van der Waals surface area contributed by atoms with Crippen LogP contribution in [0.4, 0.5) is 0 Å². The lowest BCUT2D eigenvalue weighted by molar-refractivity contribution is -0.131. The van der Waals surface area contributed by atoms with Gasteiger partial charge in [-0.1, -0.05) is 6.08 Å². The Balaban J connectivity index is 0. The Bertz CT molecular complexity index is 77.8. The Kier molecular flexibility index (Phi) is 7.20. The molecule has 0 aliphatic rings. The highest BCUT2D eigenvalue weighted by Crippen LogP contribution is 1.65. The first-order valence-corrected chi connectivity index (χ1v) is 1.63. The monoisotopic (exact) mass is 97.0 g/mol. The summed E-state index contributed by atoms with van der Waals surface area (Å²) < 4.78 is 0. The molecule has 0 aliphatic heterocycles. The molecular weight excluding hydrogens is 90.9 g/mol. The molecule has 0 saturated heterocycles. The highest BCUT2D eigenvalue weighted by Gasteiger charge is 1.76. The molecule has 1 N–H and O–H groups in total. The summed E-state index contributed by atoms with van der Waals surface area (Å²) in [5.74, 6) is -0.891. The maximum absolute atomic E-state index is 9.51. The third-order valence-corrected chi connectivity index (χ3v) is 0.309. The molecule has 37 valence electrons. The van der Waals surface area contributed by atoms with Crippen LogP contribution in [0.2, 0.25) is 0 Å². The van der Waals surface area contributed by atoms with Crippen molar-refractivity contribution >= 4 is 14.4 Å². The third kappa shape index (κ3) is 10.9. The number of carboxylic acids is 1. The molecule has 0 aromatic rings. The SMILES string of the molecule is C/C=C/C(=O)O.[B]. The summed E-state index contributed by atoms with van der Waals surface area (Å²) in [6.45, 7) is 1.66. The fraction of sp³-hybridized carbons (Fsp3) is 0.250. The van der Waals surface area contributed by atoms with Crippen LogP contribution in [0.5, 0.6) is 0 Å². The zero-order chi connectivity index (χ0) is 4.99. The quantitative estimate of drug-likeness (QED) is 0.376. The number of aliphatic carboxylic acids is 1. The van der Waals surface area contributed by atoms with Crippen LogP contribution in [-0.2, 0) is 4.79 Å². The topological polar surface area (TPSA) is 37.3 Å². The Morgan fingerprint density at radius 1 is 1.71 bits per heavy atom. The first-order chi connectivity index (χ1) is 2.77. The Labute approximate surface area is 44.4 Å². The smallest absolute Gasteiger partial charge is 0.327 e. The molecule has 0 aliphatic carbocycles. The van der Waals surface area contributed by atoms with Crippen molar-refractivity contribution in [2.45, 2.75) is 6.92 Å². The molecule has 0 atom stereocenters. The fourth-order valence-corrected chi connectivity index (χ4v) is 0.143. The lowest BCUT2D eigenvalue weighted by atomic mass is 10.5. The summed E-state index contributed by atoms with van der Waals surface area (Å²) in [5, 5.41) is 7.83. The third-order valence-electron chi connectivity index (χ3n) is 0.309. The van der Waals surface area contributed by atoms with Crippen molar-refractivity contribution in [2.24, 2.45) is 0 Å². The van der Waals surface area contributed by atoms with E-state index in [0.717, 1.165) is 6.08 Å². The number of carboxylic acid groups (broad SMARTS) is 1. The van der Waals surface area contributed by atoms with Crippen molar-refractivity contribution in [1.82, 2.24) is 0 Å². The van der Waals surface area contributed by atoms with Crippen molar-refractivity contribution in [3.05, 3.63) is 12.2 Å². The first-order valence-electron chi connectivity index (χ1n) is 1.63. The number of rotatable bonds is 1. The summed E-state index contributed by atoms with van der Waals surface area (Å²) in [5.41, 5.74) is 0. The zero-order valence-corrected chi connectivity index (χ0v) is 4.09. The minimum Gasteiger partial charge on any atom is -0.478 e. The van der Waals surface area contributed by atoms with Gasteiger partial charge in [0.25, 0.3) is 0 Å². The molecule has 3 heteroatoms. The van der Waals surface area contributed by atoms with Crippen molar-refractivity contribution < 1.29 is 9.90 Å². The number of hydrogen-bond donors (Lipinski definition) is 1. The molecule has 0 saturated carbocycles. The van der Waals surface area contributed by atoms with E-state index >= 15 is 0 Å². The van der Waals surface area contributed by atoms with Gasteiger partial charge in [0.15, 0.2) is 0 Å². The molecular formula is C4H6BO2. The second-order valence-corrected chi connectivity index (χ2v) is 0.838. The summed E-state index contributed by atoms with van der Waals surface area (Å²) >= 11 is 0. The van der Waals surface area contributed by atoms with Crippen molar-refractivity contribution in [2.75, 3.05) is 0 Å². The standard InChI is InChI=1S/C4H6O2.B/c1-2-3-4(5)6;/h2-3H,1H3,(H,5,6);/b3-2+;. The van der Waals surface area contributed by atoms with Gasteiger partial charge in [-0.3, -0.25) is 0 Å². The second kappa shape index (κ2) is 5.27. The van der Waals surface area contributed by atoms with E-state index in [1.165, 1.54) is 6.08 Å². The zero-order valence-electron chi connectivity index (χ0n) is 4.09. The van der Waals surface area contributed by atoms with E-state index in [2.05, 4.69) is 0 Å². The number of carbonyl (C=O) groups is 1. The van der Waals surface area contributed by atoms with Crippen LogP contribution < -0.4 is 0 Å². The van der Waals surface area contributed by atoms with E-state index in [1.54, 1.807) is 6.92 Å². The van der Waals surface area contributed by atoms with Crippen LogP contribution in [0.25, 0.3) is 0 Å². The van der Waals surface area contributed by atoms with Crippen LogP contribution in [0.15, 0.2) is 12.2 Å². The molecule has 2 nitrogen and oxygen atoms in total. The van der Waals surface area contributed by atoms with E-state index in [4.69, 9.17) is 5.11 Å². The van der Waals surface area contributed by atoms with E-state index in [0.29, 0.717) is 0 Å². The maximum atomic E-state index is 9.51. The van der Waals surface area contributed by atoms with Gasteiger partial charge in [0.1, 0.15) is 0 Å². The summed E-state index contributed by atoms with van der Waals surface area (Å²) in [6, 6.07) is 0. The van der Waals surface area contributed by atoms with Gasteiger partial charge in [-0.25, -0.2) is 4.79 Å². The lowest BCUT2D eigenvalue weighted by Crippen LogP contribution is -1.83. The molecule has 0 amide bonds. The van der Waals surface area contributed by atoms with Gasteiger partial charge >= 0.3 is 5.97 Å². The molecule has 0 unspecified atom stereocenters. The van der Waals surface area contributed by atoms with E-state index < -0.39 is 5.97 Å². The predicted octanol–water partition coefficient (Wildman–Crippen LogP) is 0.266. The fourth-order valence-electron chi connectivity index (χ4n) is 0.143. The van der Waals surface area contributed by atoms with Gasteiger partial charge in [0.2, 0.25) is 0 Å². The molecule has 0 fully saturated rings. The van der Waals surface area contributed by atoms with E-state index in [1.807, 2.05) is 0 Å². The summed E-state index contributed by atoms with van der Waals surface area (Å²) in [7, 11) is 0. The van der Waals surface area contributed by atoms with Crippen LogP contribution >= 0.6 is 0 Å². The normalized spacial score (nSPS) is 8.14. The number of hydrogen-bond acceptors (Lipinski definition) is 1. The highest BCUT2D eigenvalue weighted by atomic mass is 16.4. The van der Waals surface area contributed by atoms with Crippen LogP contribution in [0.3, 0.4) is 0 Å². The molecule has 0 rings (SSSR count). The first kappa shape index (κ1) is 9.55.